The van der Waals surface area contributed by atoms with Gasteiger partial charge in [-0.05, 0) is 31.4 Å². The molecule has 1 heterocycles. The molecule has 1 saturated heterocycles. The van der Waals surface area contributed by atoms with Gasteiger partial charge in [0.05, 0.1) is 11.5 Å². The summed E-state index contributed by atoms with van der Waals surface area (Å²) in [6, 6.07) is 7.03. The van der Waals surface area contributed by atoms with Gasteiger partial charge in [-0.15, -0.1) is 0 Å². The first-order valence-electron chi connectivity index (χ1n) is 7.29. The van der Waals surface area contributed by atoms with Crippen LogP contribution in [-0.4, -0.2) is 40.7 Å². The van der Waals surface area contributed by atoms with E-state index in [1.165, 1.54) is 19.3 Å². The predicted molar refractivity (Wildman–Crippen MR) is 77.7 cm³/mol. The molecule has 1 aromatic rings. The van der Waals surface area contributed by atoms with Crippen molar-refractivity contribution >= 4 is 5.69 Å². The minimum absolute atomic E-state index is 0.136. The maximum atomic E-state index is 10.6. The summed E-state index contributed by atoms with van der Waals surface area (Å²) in [5.41, 5.74) is 1.24. The van der Waals surface area contributed by atoms with Crippen molar-refractivity contribution in [1.29, 1.82) is 0 Å². The highest BCUT2D eigenvalue weighted by atomic mass is 16.6. The van der Waals surface area contributed by atoms with Gasteiger partial charge in [-0.1, -0.05) is 25.0 Å². The van der Waals surface area contributed by atoms with Crippen molar-refractivity contribution in [2.45, 2.75) is 38.1 Å². The summed E-state index contributed by atoms with van der Waals surface area (Å²) in [4.78, 5) is 12.6. The van der Waals surface area contributed by atoms with Gasteiger partial charge in [0.1, 0.15) is 0 Å². The number of nitro groups is 1. The Hall–Kier alpha value is -1.46. The minimum atomic E-state index is -0.375. The molecule has 0 bridgehead atoms. The van der Waals surface area contributed by atoms with Crippen molar-refractivity contribution in [2.24, 2.45) is 0 Å². The first-order chi connectivity index (χ1) is 9.70. The summed E-state index contributed by atoms with van der Waals surface area (Å²) in [7, 11) is 0. The molecule has 0 aliphatic carbocycles. The molecule has 1 atom stereocenters. The zero-order valence-corrected chi connectivity index (χ0v) is 11.7. The summed E-state index contributed by atoms with van der Waals surface area (Å²) in [5.74, 6) is 0. The molecule has 0 radical (unpaired) electrons. The zero-order chi connectivity index (χ0) is 14.4. The number of hydrogen-bond donors (Lipinski definition) is 1. The van der Waals surface area contributed by atoms with E-state index in [0.29, 0.717) is 0 Å². The van der Waals surface area contributed by atoms with Crippen molar-refractivity contribution in [3.8, 4) is 0 Å². The molecule has 5 nitrogen and oxygen atoms in total. The molecule has 1 unspecified atom stereocenters. The number of aliphatic hydroxyl groups excluding tert-OH is 1. The highest BCUT2D eigenvalue weighted by Crippen LogP contribution is 2.18. The fourth-order valence-corrected chi connectivity index (χ4v) is 2.79. The van der Waals surface area contributed by atoms with Gasteiger partial charge in [0.25, 0.3) is 5.69 Å². The van der Waals surface area contributed by atoms with Crippen molar-refractivity contribution in [3.05, 3.63) is 39.9 Å². The molecule has 1 N–H and O–H groups in total. The molecule has 1 aromatic carbocycles. The molecule has 20 heavy (non-hydrogen) atoms. The van der Waals surface area contributed by atoms with Crippen molar-refractivity contribution in [1.82, 2.24) is 4.90 Å². The fraction of sp³-hybridized carbons (Fsp3) is 0.600. The summed E-state index contributed by atoms with van der Waals surface area (Å²) in [6.07, 6.45) is 5.56. The van der Waals surface area contributed by atoms with E-state index in [2.05, 4.69) is 4.90 Å². The fourth-order valence-electron chi connectivity index (χ4n) is 2.79. The number of likely N-dealkylation sites (tertiary alicyclic amines) is 1. The van der Waals surface area contributed by atoms with Gasteiger partial charge in [0, 0.05) is 24.7 Å². The van der Waals surface area contributed by atoms with E-state index >= 15 is 0 Å². The lowest BCUT2D eigenvalue weighted by atomic mass is 10.1. The third kappa shape index (κ3) is 4.02. The normalized spacial score (nSPS) is 20.6. The Labute approximate surface area is 119 Å². The molecule has 0 saturated carbocycles. The van der Waals surface area contributed by atoms with Crippen LogP contribution in [0.1, 0.15) is 31.2 Å². The second kappa shape index (κ2) is 7.36. The van der Waals surface area contributed by atoms with Crippen LogP contribution in [-0.2, 0) is 6.42 Å². The number of benzene rings is 1. The topological polar surface area (TPSA) is 66.6 Å². The molecule has 110 valence electrons. The van der Waals surface area contributed by atoms with Gasteiger partial charge in [-0.25, -0.2) is 0 Å². The average Bonchev–Trinajstić information content (AvgIpc) is 2.70. The molecule has 1 fully saturated rings. The minimum Gasteiger partial charge on any atom is -0.395 e. The second-order valence-corrected chi connectivity index (χ2v) is 5.40. The van der Waals surface area contributed by atoms with E-state index in [4.69, 9.17) is 0 Å². The van der Waals surface area contributed by atoms with Crippen LogP contribution in [0.2, 0.25) is 0 Å². The molecule has 0 amide bonds. The Morgan fingerprint density at radius 1 is 1.25 bits per heavy atom. The number of nitro benzene ring substituents is 1. The van der Waals surface area contributed by atoms with Crippen LogP contribution in [0.3, 0.4) is 0 Å². The Morgan fingerprint density at radius 2 is 2.00 bits per heavy atom. The Bertz CT molecular complexity index is 433. The summed E-state index contributed by atoms with van der Waals surface area (Å²) in [6.45, 7) is 2.17. The van der Waals surface area contributed by atoms with Crippen molar-refractivity contribution in [3.63, 3.8) is 0 Å². The number of non-ortho nitro benzene ring substituents is 1. The third-order valence-corrected chi connectivity index (χ3v) is 4.04. The van der Waals surface area contributed by atoms with E-state index in [0.717, 1.165) is 31.5 Å². The van der Waals surface area contributed by atoms with Crippen molar-refractivity contribution in [2.75, 3.05) is 19.7 Å². The van der Waals surface area contributed by atoms with Gasteiger partial charge in [-0.3, -0.25) is 15.0 Å². The second-order valence-electron chi connectivity index (χ2n) is 5.40. The number of nitrogens with zero attached hydrogens (tertiary/aromatic N) is 2. The van der Waals surface area contributed by atoms with Crippen LogP contribution < -0.4 is 0 Å². The number of rotatable bonds is 5. The maximum absolute atomic E-state index is 10.6. The molecule has 1 aliphatic rings. The third-order valence-electron chi connectivity index (χ3n) is 4.04. The molecular weight excluding hydrogens is 256 g/mol. The van der Waals surface area contributed by atoms with Crippen LogP contribution in [0.25, 0.3) is 0 Å². The monoisotopic (exact) mass is 278 g/mol. The lowest BCUT2D eigenvalue weighted by Crippen LogP contribution is -2.38. The van der Waals surface area contributed by atoms with E-state index in [1.54, 1.807) is 12.1 Å². The average molecular weight is 278 g/mol. The highest BCUT2D eigenvalue weighted by molar-refractivity contribution is 5.32. The maximum Gasteiger partial charge on any atom is 0.269 e. The summed E-state index contributed by atoms with van der Waals surface area (Å²) >= 11 is 0. The van der Waals surface area contributed by atoms with Gasteiger partial charge in [-0.2, -0.15) is 0 Å². The Morgan fingerprint density at radius 3 is 2.65 bits per heavy atom. The quantitative estimate of drug-likeness (QED) is 0.663. The van der Waals surface area contributed by atoms with Gasteiger partial charge < -0.3 is 5.11 Å². The van der Waals surface area contributed by atoms with Gasteiger partial charge >= 0.3 is 0 Å². The smallest absolute Gasteiger partial charge is 0.269 e. The summed E-state index contributed by atoms with van der Waals surface area (Å²) < 4.78 is 0. The zero-order valence-electron chi connectivity index (χ0n) is 11.7. The molecule has 1 aliphatic heterocycles. The van der Waals surface area contributed by atoms with Crippen LogP contribution >= 0.6 is 0 Å². The Kier molecular flexibility index (Phi) is 5.49. The largest absolute Gasteiger partial charge is 0.395 e. The molecule has 2 rings (SSSR count). The van der Waals surface area contributed by atoms with Gasteiger partial charge in [0.15, 0.2) is 0 Å². The Balaban J connectivity index is 1.91. The van der Waals surface area contributed by atoms with Crippen LogP contribution in [0, 0.1) is 10.1 Å². The van der Waals surface area contributed by atoms with Gasteiger partial charge in [0.2, 0.25) is 0 Å². The lowest BCUT2D eigenvalue weighted by Gasteiger charge is -2.28. The molecule has 0 spiro atoms. The lowest BCUT2D eigenvalue weighted by molar-refractivity contribution is -0.384. The highest BCUT2D eigenvalue weighted by Gasteiger charge is 2.19. The number of aliphatic hydroxyl groups is 1. The van der Waals surface area contributed by atoms with Crippen LogP contribution in [0.5, 0.6) is 0 Å². The predicted octanol–water partition coefficient (Wildman–Crippen LogP) is 2.37. The van der Waals surface area contributed by atoms with Crippen molar-refractivity contribution < 1.29 is 10.0 Å². The molecule has 0 aromatic heterocycles. The van der Waals surface area contributed by atoms with Crippen LogP contribution in [0.4, 0.5) is 5.69 Å². The first-order valence-corrected chi connectivity index (χ1v) is 7.29. The van der Waals surface area contributed by atoms with E-state index in [-0.39, 0.29) is 23.3 Å². The standard InChI is InChI=1S/C15H22N2O3/c18-12-15-4-2-1-3-10-16(15)11-9-13-5-7-14(8-6-13)17(19)20/h5-8,15,18H,1-4,9-12H2. The van der Waals surface area contributed by atoms with E-state index in [1.807, 2.05) is 12.1 Å². The van der Waals surface area contributed by atoms with E-state index < -0.39 is 0 Å². The first kappa shape index (κ1) is 14.9. The SMILES string of the molecule is O=[N+]([O-])c1ccc(CCN2CCCCCC2CO)cc1. The van der Waals surface area contributed by atoms with Crippen LogP contribution in [0.15, 0.2) is 24.3 Å². The molecular formula is C15H22N2O3. The van der Waals surface area contributed by atoms with E-state index in [9.17, 15) is 15.2 Å². The molecule has 5 heteroatoms. The number of hydrogen-bond acceptors (Lipinski definition) is 4. The summed E-state index contributed by atoms with van der Waals surface area (Å²) in [5, 5.41) is 20.1.